The van der Waals surface area contributed by atoms with Crippen LogP contribution in [0.3, 0.4) is 0 Å². The fourth-order valence-electron chi connectivity index (χ4n) is 8.84. The highest BCUT2D eigenvalue weighted by Crippen LogP contribution is 2.43. The number of phenolic OH excluding ortho intramolecular Hbond substituents is 1. The number of anilines is 1. The molecule has 3 saturated heterocycles. The van der Waals surface area contributed by atoms with E-state index in [0.717, 1.165) is 25.8 Å². The zero-order chi connectivity index (χ0) is 31.9. The second-order valence-corrected chi connectivity index (χ2v) is 13.8. The number of halogens is 2. The van der Waals surface area contributed by atoms with E-state index in [9.17, 15) is 19.4 Å². The van der Waals surface area contributed by atoms with Crippen molar-refractivity contribution in [2.24, 2.45) is 11.8 Å². The lowest BCUT2D eigenvalue weighted by Crippen LogP contribution is -2.43. The summed E-state index contributed by atoms with van der Waals surface area (Å²) in [6.45, 7) is 6.24. The molecule has 2 aromatic heterocycles. The van der Waals surface area contributed by atoms with Gasteiger partial charge in [0.15, 0.2) is 5.82 Å². The van der Waals surface area contributed by atoms with Crippen LogP contribution in [0.15, 0.2) is 33.5 Å². The first-order valence-electron chi connectivity index (χ1n) is 16.4. The molecule has 1 unspecified atom stereocenters. The van der Waals surface area contributed by atoms with Crippen molar-refractivity contribution in [2.75, 3.05) is 37.7 Å². The van der Waals surface area contributed by atoms with E-state index in [1.54, 1.807) is 19.1 Å². The molecular weight excluding hydrogens is 594 g/mol. The van der Waals surface area contributed by atoms with Crippen molar-refractivity contribution in [1.82, 2.24) is 14.9 Å². The first-order chi connectivity index (χ1) is 22.1. The molecule has 4 fully saturated rings. The Morgan fingerprint density at radius 2 is 2.00 bits per heavy atom. The Morgan fingerprint density at radius 1 is 1.15 bits per heavy atom. The molecule has 2 aromatic carbocycles. The van der Waals surface area contributed by atoms with E-state index < -0.39 is 23.4 Å². The molecule has 5 atom stereocenters. The minimum Gasteiger partial charge on any atom is -0.508 e. The monoisotopic (exact) mass is 632 g/mol. The molecule has 8 rings (SSSR count). The molecule has 242 valence electrons. The van der Waals surface area contributed by atoms with Crippen LogP contribution in [0.25, 0.3) is 33.0 Å². The highest BCUT2D eigenvalue weighted by molar-refractivity contribution is 6.02. The smallest absolute Gasteiger partial charge is 0.349 e. The van der Waals surface area contributed by atoms with Crippen LogP contribution in [0.2, 0.25) is 0 Å². The lowest BCUT2D eigenvalue weighted by Gasteiger charge is -2.34. The fraction of sp³-hybridized carbons (Fsp3) is 0.514. The van der Waals surface area contributed by atoms with Gasteiger partial charge in [-0.05, 0) is 86.0 Å². The van der Waals surface area contributed by atoms with E-state index in [1.807, 2.05) is 11.8 Å². The number of fused-ring (bicyclic) bond motifs is 5. The van der Waals surface area contributed by atoms with Crippen LogP contribution in [0.1, 0.15) is 50.2 Å². The number of ether oxygens (including phenoxy) is 1. The molecule has 1 saturated carbocycles. The van der Waals surface area contributed by atoms with Crippen molar-refractivity contribution in [3.63, 3.8) is 0 Å². The molecule has 46 heavy (non-hydrogen) atoms. The van der Waals surface area contributed by atoms with Gasteiger partial charge < -0.3 is 24.3 Å². The second kappa shape index (κ2) is 10.9. The maximum absolute atomic E-state index is 15.0. The molecular formula is C35H38F2N4O5. The van der Waals surface area contributed by atoms with E-state index in [4.69, 9.17) is 19.1 Å². The van der Waals surface area contributed by atoms with Crippen LogP contribution < -0.4 is 15.3 Å². The van der Waals surface area contributed by atoms with Crippen LogP contribution in [0.4, 0.5) is 14.6 Å². The minimum atomic E-state index is -0.906. The molecule has 0 radical (unpaired) electrons. The summed E-state index contributed by atoms with van der Waals surface area (Å²) in [5.41, 5.74) is 0.636. The summed E-state index contributed by atoms with van der Waals surface area (Å²) < 4.78 is 41.9. The zero-order valence-corrected chi connectivity index (χ0v) is 26.1. The summed E-state index contributed by atoms with van der Waals surface area (Å²) in [6, 6.07) is 6.12. The standard InChI is InChI=1S/C35H38F2N4O5/c1-3-24-26(37)6-5-20-11-23(42)12-25(28(20)24)31-18(2)30-29(33(44)46-31)32(40-14-19-9-21(15-40)27(43)10-19)39-34(38-30)45-17-35-7-4-8-41(35)16-22(36)13-35/h5-6,11-12,19,21-22,27,42-43H,3-4,7-10,13-17H2,1-2H3/t19?,21-,22+,27+,35-/m0/s1. The van der Waals surface area contributed by atoms with E-state index in [-0.39, 0.29) is 47.2 Å². The molecule has 9 nitrogen and oxygen atoms in total. The maximum atomic E-state index is 15.0. The number of aromatic hydroxyl groups is 1. The normalized spacial score (nSPS) is 27.6. The van der Waals surface area contributed by atoms with Crippen LogP contribution >= 0.6 is 0 Å². The summed E-state index contributed by atoms with van der Waals surface area (Å²) in [5.74, 6) is 0.475. The van der Waals surface area contributed by atoms with Crippen molar-refractivity contribution in [1.29, 1.82) is 0 Å². The van der Waals surface area contributed by atoms with Crippen molar-refractivity contribution in [3.8, 4) is 23.1 Å². The maximum Gasteiger partial charge on any atom is 0.349 e. The average molecular weight is 633 g/mol. The van der Waals surface area contributed by atoms with Crippen LogP contribution in [0, 0.1) is 24.6 Å². The molecule has 5 heterocycles. The number of phenols is 1. The van der Waals surface area contributed by atoms with Gasteiger partial charge in [-0.15, -0.1) is 0 Å². The van der Waals surface area contributed by atoms with Gasteiger partial charge >= 0.3 is 11.6 Å². The first-order valence-corrected chi connectivity index (χ1v) is 16.4. The van der Waals surface area contributed by atoms with Gasteiger partial charge in [-0.1, -0.05) is 13.0 Å². The quantitative estimate of drug-likeness (QED) is 0.293. The van der Waals surface area contributed by atoms with Crippen LogP contribution in [-0.4, -0.2) is 75.7 Å². The predicted octanol–water partition coefficient (Wildman–Crippen LogP) is 5.28. The third-order valence-corrected chi connectivity index (χ3v) is 10.9. The number of piperidine rings is 1. The van der Waals surface area contributed by atoms with Gasteiger partial charge in [0.25, 0.3) is 0 Å². The summed E-state index contributed by atoms with van der Waals surface area (Å²) in [4.78, 5) is 27.8. The Balaban J connectivity index is 1.30. The SMILES string of the molecule is CCc1c(F)ccc2cc(O)cc(-c3oc(=O)c4c(N5CC6C[C@@H](C5)[C@H](O)C6)nc(OC[C@@]56CCCN5C[C@H](F)C6)nc4c3C)c12. The van der Waals surface area contributed by atoms with Crippen LogP contribution in [0.5, 0.6) is 11.8 Å². The lowest BCUT2D eigenvalue weighted by molar-refractivity contribution is 0.107. The van der Waals surface area contributed by atoms with E-state index >= 15 is 4.39 Å². The third-order valence-electron chi connectivity index (χ3n) is 10.9. The topological polar surface area (TPSA) is 112 Å². The number of alkyl halides is 1. The number of aromatic nitrogens is 2. The average Bonchev–Trinajstić information content (AvgIpc) is 3.65. The fourth-order valence-corrected chi connectivity index (χ4v) is 8.84. The molecule has 1 aliphatic carbocycles. The number of aliphatic hydroxyl groups is 1. The van der Waals surface area contributed by atoms with E-state index in [0.29, 0.717) is 77.7 Å². The van der Waals surface area contributed by atoms with Gasteiger partial charge in [-0.2, -0.15) is 9.97 Å². The van der Waals surface area contributed by atoms with Gasteiger partial charge in [0.2, 0.25) is 0 Å². The van der Waals surface area contributed by atoms with E-state index in [2.05, 4.69) is 4.90 Å². The van der Waals surface area contributed by atoms with Crippen molar-refractivity contribution < 1.29 is 28.1 Å². The number of benzene rings is 2. The highest BCUT2D eigenvalue weighted by atomic mass is 19.1. The van der Waals surface area contributed by atoms with Gasteiger partial charge in [0.1, 0.15) is 35.5 Å². The van der Waals surface area contributed by atoms with Crippen molar-refractivity contribution in [2.45, 2.75) is 70.2 Å². The number of hydrogen-bond donors (Lipinski definition) is 2. The van der Waals surface area contributed by atoms with Crippen molar-refractivity contribution >= 4 is 27.5 Å². The number of aliphatic hydroxyl groups excluding tert-OH is 1. The molecule has 0 spiro atoms. The third kappa shape index (κ3) is 4.65. The molecule has 2 bridgehead atoms. The lowest BCUT2D eigenvalue weighted by atomic mass is 9.93. The van der Waals surface area contributed by atoms with Gasteiger partial charge in [0.05, 0.1) is 17.2 Å². The van der Waals surface area contributed by atoms with Crippen molar-refractivity contribution in [3.05, 3.63) is 51.6 Å². The largest absolute Gasteiger partial charge is 0.508 e. The minimum absolute atomic E-state index is 0.0452. The van der Waals surface area contributed by atoms with Gasteiger partial charge in [0, 0.05) is 43.1 Å². The Bertz CT molecular complexity index is 1930. The Hall–Kier alpha value is -3.83. The summed E-state index contributed by atoms with van der Waals surface area (Å²) in [5, 5.41) is 22.7. The number of aryl methyl sites for hydroxylation is 2. The van der Waals surface area contributed by atoms with Crippen LogP contribution in [-0.2, 0) is 6.42 Å². The molecule has 0 amide bonds. The number of nitrogens with zero attached hydrogens (tertiary/aromatic N) is 4. The molecule has 11 heteroatoms. The van der Waals surface area contributed by atoms with Gasteiger partial charge in [-0.25, -0.2) is 13.6 Å². The second-order valence-electron chi connectivity index (χ2n) is 13.8. The summed E-state index contributed by atoms with van der Waals surface area (Å²) in [6.07, 6.45) is 2.91. The summed E-state index contributed by atoms with van der Waals surface area (Å²) in [7, 11) is 0. The Kier molecular flexibility index (Phi) is 6.99. The number of hydrogen-bond acceptors (Lipinski definition) is 9. The molecule has 4 aromatic rings. The van der Waals surface area contributed by atoms with Gasteiger partial charge in [-0.3, -0.25) is 4.90 Å². The Labute approximate surface area is 264 Å². The summed E-state index contributed by atoms with van der Waals surface area (Å²) >= 11 is 0. The Morgan fingerprint density at radius 3 is 2.80 bits per heavy atom. The zero-order valence-electron chi connectivity index (χ0n) is 26.1. The highest BCUT2D eigenvalue weighted by Gasteiger charge is 2.49. The molecule has 3 aliphatic heterocycles. The van der Waals surface area contributed by atoms with E-state index in [1.165, 1.54) is 12.1 Å². The molecule has 4 aliphatic rings. The first kappa shape index (κ1) is 29.6. The number of rotatable bonds is 6. The predicted molar refractivity (Wildman–Crippen MR) is 170 cm³/mol. The molecule has 2 N–H and O–H groups in total.